The van der Waals surface area contributed by atoms with E-state index < -0.39 is 22.8 Å². The maximum atomic E-state index is 12.5. The monoisotopic (exact) mass is 336 g/mol. The van der Waals surface area contributed by atoms with Gasteiger partial charge in [0.25, 0.3) is 6.04 Å². The molecule has 1 aliphatic rings. The number of anilines is 1. The van der Waals surface area contributed by atoms with Gasteiger partial charge in [0.05, 0.1) is 0 Å². The van der Waals surface area contributed by atoms with E-state index >= 15 is 0 Å². The summed E-state index contributed by atoms with van der Waals surface area (Å²) in [6.07, 6.45) is 0. The minimum absolute atomic E-state index is 0.274. The summed E-state index contributed by atoms with van der Waals surface area (Å²) in [7, 11) is 0. The van der Waals surface area contributed by atoms with E-state index in [0.717, 1.165) is 0 Å². The third-order valence-corrected chi connectivity index (χ3v) is 4.09. The molecule has 0 radical (unpaired) electrons. The van der Waals surface area contributed by atoms with Crippen molar-refractivity contribution < 1.29 is 9.72 Å². The van der Waals surface area contributed by atoms with Crippen molar-refractivity contribution >= 4 is 34.7 Å². The van der Waals surface area contributed by atoms with Gasteiger partial charge < -0.3 is 5.32 Å². The van der Waals surface area contributed by atoms with E-state index in [2.05, 4.69) is 5.32 Å². The minimum Gasteiger partial charge on any atom is -0.371 e. The summed E-state index contributed by atoms with van der Waals surface area (Å²) in [4.78, 5) is 23.3. The van der Waals surface area contributed by atoms with Crippen molar-refractivity contribution in [1.82, 2.24) is 0 Å². The predicted octanol–water partition coefficient (Wildman–Crippen LogP) is 3.99. The highest BCUT2D eigenvalue weighted by atomic mass is 35.5. The molecule has 0 fully saturated rings. The molecule has 112 valence electrons. The van der Waals surface area contributed by atoms with E-state index in [-0.39, 0.29) is 5.56 Å². The largest absolute Gasteiger partial charge is 0.371 e. The summed E-state index contributed by atoms with van der Waals surface area (Å²) in [5.41, 5.74) is 1.39. The summed E-state index contributed by atoms with van der Waals surface area (Å²) < 4.78 is 0. The molecule has 0 aromatic heterocycles. The van der Waals surface area contributed by atoms with Gasteiger partial charge in [-0.25, -0.2) is 0 Å². The molecule has 0 spiro atoms. The van der Waals surface area contributed by atoms with Crippen molar-refractivity contribution in [1.29, 1.82) is 0 Å². The van der Waals surface area contributed by atoms with Crippen LogP contribution >= 0.6 is 23.2 Å². The second kappa shape index (κ2) is 5.59. The Morgan fingerprint density at radius 3 is 2.32 bits per heavy atom. The van der Waals surface area contributed by atoms with E-state index in [9.17, 15) is 14.9 Å². The van der Waals surface area contributed by atoms with Gasteiger partial charge in [-0.05, 0) is 35.9 Å². The van der Waals surface area contributed by atoms with Crippen molar-refractivity contribution in [2.75, 3.05) is 5.32 Å². The molecule has 0 saturated carbocycles. The van der Waals surface area contributed by atoms with Crippen LogP contribution in [0.25, 0.3) is 0 Å². The van der Waals surface area contributed by atoms with E-state index in [4.69, 9.17) is 23.2 Å². The Hall–Kier alpha value is -2.11. The Balaban J connectivity index is 2.10. The topological polar surface area (TPSA) is 72.2 Å². The first kappa shape index (κ1) is 14.8. The summed E-state index contributed by atoms with van der Waals surface area (Å²) in [6, 6.07) is 9.06. The zero-order chi connectivity index (χ0) is 15.9. The van der Waals surface area contributed by atoms with Crippen LogP contribution in [0.2, 0.25) is 10.0 Å². The molecule has 0 aliphatic carbocycles. The lowest BCUT2D eigenvalue weighted by Crippen LogP contribution is -2.43. The lowest BCUT2D eigenvalue weighted by atomic mass is 9.88. The second-order valence-electron chi connectivity index (χ2n) is 4.96. The molecule has 0 unspecified atom stereocenters. The van der Waals surface area contributed by atoms with Crippen molar-refractivity contribution in [3.05, 3.63) is 73.8 Å². The van der Waals surface area contributed by atoms with Crippen LogP contribution < -0.4 is 5.32 Å². The predicted molar refractivity (Wildman–Crippen MR) is 84.4 cm³/mol. The van der Waals surface area contributed by atoms with Crippen LogP contribution in [-0.4, -0.2) is 16.7 Å². The Morgan fingerprint density at radius 1 is 1.05 bits per heavy atom. The quantitative estimate of drug-likeness (QED) is 0.664. The summed E-state index contributed by atoms with van der Waals surface area (Å²) in [5, 5.41) is 15.4. The number of nitrogens with one attached hydrogen (secondary N) is 1. The first-order valence-electron chi connectivity index (χ1n) is 6.46. The lowest BCUT2D eigenvalue weighted by Gasteiger charge is -2.28. The standard InChI is InChI=1S/C15H10Cl2N2O3/c16-9-3-1-8(2-4-9)13-14(19(21)22)15(20)11-6-5-10(17)7-12(11)18-13/h1-7,13-14,18H/t13-,14-/m1/s1. The molecule has 2 aromatic rings. The number of rotatable bonds is 2. The van der Waals surface area contributed by atoms with Crippen molar-refractivity contribution in [2.45, 2.75) is 12.1 Å². The van der Waals surface area contributed by atoms with Crippen LogP contribution in [0, 0.1) is 10.1 Å². The van der Waals surface area contributed by atoms with Crippen LogP contribution in [-0.2, 0) is 0 Å². The number of nitrogens with zero attached hydrogens (tertiary/aromatic N) is 1. The first-order chi connectivity index (χ1) is 10.5. The zero-order valence-electron chi connectivity index (χ0n) is 11.1. The molecule has 1 N–H and O–H groups in total. The number of hydrogen-bond acceptors (Lipinski definition) is 4. The van der Waals surface area contributed by atoms with Gasteiger partial charge in [0.15, 0.2) is 0 Å². The molecule has 3 rings (SSSR count). The highest BCUT2D eigenvalue weighted by Crippen LogP contribution is 2.35. The van der Waals surface area contributed by atoms with E-state index in [1.165, 1.54) is 6.07 Å². The lowest BCUT2D eigenvalue weighted by molar-refractivity contribution is -0.508. The second-order valence-corrected chi connectivity index (χ2v) is 5.83. The number of carbonyl (C=O) groups excluding carboxylic acids is 1. The fourth-order valence-corrected chi connectivity index (χ4v) is 2.86. The Kier molecular flexibility index (Phi) is 3.76. The van der Waals surface area contributed by atoms with Gasteiger partial charge in [-0.15, -0.1) is 0 Å². The summed E-state index contributed by atoms with van der Waals surface area (Å²) >= 11 is 11.8. The van der Waals surface area contributed by atoms with E-state index in [0.29, 0.717) is 21.3 Å². The van der Waals surface area contributed by atoms with Gasteiger partial charge in [0.2, 0.25) is 5.78 Å². The molecule has 2 aromatic carbocycles. The van der Waals surface area contributed by atoms with Crippen LogP contribution in [0.1, 0.15) is 22.0 Å². The van der Waals surface area contributed by atoms with Gasteiger partial charge in [-0.1, -0.05) is 35.3 Å². The number of ketones is 1. The van der Waals surface area contributed by atoms with Gasteiger partial charge in [-0.3, -0.25) is 14.9 Å². The molecule has 22 heavy (non-hydrogen) atoms. The average molecular weight is 337 g/mol. The molecule has 2 atom stereocenters. The highest BCUT2D eigenvalue weighted by molar-refractivity contribution is 6.31. The number of nitro groups is 1. The number of benzene rings is 2. The number of halogens is 2. The maximum absolute atomic E-state index is 12.5. The highest BCUT2D eigenvalue weighted by Gasteiger charge is 2.44. The van der Waals surface area contributed by atoms with E-state index in [1.807, 2.05) is 0 Å². The number of carbonyl (C=O) groups is 1. The Bertz CT molecular complexity index is 762. The third-order valence-electron chi connectivity index (χ3n) is 3.60. The number of hydrogen-bond donors (Lipinski definition) is 1. The molecule has 1 heterocycles. The van der Waals surface area contributed by atoms with Crippen molar-refractivity contribution in [2.24, 2.45) is 0 Å². The average Bonchev–Trinajstić information content (AvgIpc) is 2.47. The first-order valence-corrected chi connectivity index (χ1v) is 7.22. The molecule has 0 amide bonds. The van der Waals surface area contributed by atoms with Gasteiger partial charge >= 0.3 is 0 Å². The normalized spacial score (nSPS) is 20.2. The third kappa shape index (κ3) is 2.53. The van der Waals surface area contributed by atoms with Gasteiger partial charge in [0, 0.05) is 26.2 Å². The molecule has 1 aliphatic heterocycles. The molecule has 0 bridgehead atoms. The van der Waals surface area contributed by atoms with Crippen LogP contribution in [0.3, 0.4) is 0 Å². The fourth-order valence-electron chi connectivity index (χ4n) is 2.56. The van der Waals surface area contributed by atoms with Crippen LogP contribution in [0.4, 0.5) is 5.69 Å². The van der Waals surface area contributed by atoms with Gasteiger partial charge in [0.1, 0.15) is 6.04 Å². The SMILES string of the molecule is O=C1c2ccc(Cl)cc2N[C@H](c2ccc(Cl)cc2)[C@H]1[N+](=O)[O-]. The molecule has 7 heteroatoms. The molecule has 0 saturated heterocycles. The Labute approximate surface area is 136 Å². The van der Waals surface area contributed by atoms with Crippen LogP contribution in [0.15, 0.2) is 42.5 Å². The minimum atomic E-state index is -1.39. The summed E-state index contributed by atoms with van der Waals surface area (Å²) in [6.45, 7) is 0. The number of fused-ring (bicyclic) bond motifs is 1. The molecular weight excluding hydrogens is 327 g/mol. The van der Waals surface area contributed by atoms with E-state index in [1.54, 1.807) is 36.4 Å². The zero-order valence-corrected chi connectivity index (χ0v) is 12.6. The van der Waals surface area contributed by atoms with Crippen molar-refractivity contribution in [3.8, 4) is 0 Å². The molecular formula is C15H10Cl2N2O3. The van der Waals surface area contributed by atoms with Crippen LogP contribution in [0.5, 0.6) is 0 Å². The maximum Gasteiger partial charge on any atom is 0.298 e. The fraction of sp³-hybridized carbons (Fsp3) is 0.133. The van der Waals surface area contributed by atoms with Gasteiger partial charge in [-0.2, -0.15) is 0 Å². The molecule has 5 nitrogen and oxygen atoms in total. The number of Topliss-reactive ketones (excluding diaryl/α,β-unsaturated/α-hetero) is 1. The summed E-state index contributed by atoms with van der Waals surface area (Å²) in [5.74, 6) is -0.532. The Morgan fingerprint density at radius 2 is 1.68 bits per heavy atom. The van der Waals surface area contributed by atoms with Crippen molar-refractivity contribution in [3.63, 3.8) is 0 Å². The smallest absolute Gasteiger partial charge is 0.298 e.